The van der Waals surface area contributed by atoms with Gasteiger partial charge in [0.15, 0.2) is 0 Å². The second kappa shape index (κ2) is 4.51. The van der Waals surface area contributed by atoms with E-state index in [2.05, 4.69) is 20.9 Å². The van der Waals surface area contributed by atoms with Gasteiger partial charge in [0.25, 0.3) is 0 Å². The lowest BCUT2D eigenvalue weighted by molar-refractivity contribution is 0.626. The molecule has 0 spiro atoms. The predicted octanol–water partition coefficient (Wildman–Crippen LogP) is 4.16. The van der Waals surface area contributed by atoms with Crippen LogP contribution in [-0.2, 0) is 0 Å². The van der Waals surface area contributed by atoms with Crippen molar-refractivity contribution in [2.24, 2.45) is 0 Å². The van der Waals surface area contributed by atoms with Gasteiger partial charge in [0.05, 0.1) is 21.7 Å². The highest BCUT2D eigenvalue weighted by molar-refractivity contribution is 9.10. The van der Waals surface area contributed by atoms with Crippen molar-refractivity contribution in [1.29, 1.82) is 0 Å². The SMILES string of the molecule is Nc1nc2ccccc2n1-c1c(Cl)cc(F)cc1Br. The highest BCUT2D eigenvalue weighted by atomic mass is 79.9. The number of hydrogen-bond acceptors (Lipinski definition) is 2. The third-order valence-corrected chi connectivity index (χ3v) is 3.68. The number of benzene rings is 2. The number of hydrogen-bond donors (Lipinski definition) is 1. The molecule has 96 valence electrons. The number of imidazole rings is 1. The molecule has 3 rings (SSSR count). The monoisotopic (exact) mass is 339 g/mol. The van der Waals surface area contributed by atoms with E-state index in [1.165, 1.54) is 12.1 Å². The summed E-state index contributed by atoms with van der Waals surface area (Å²) in [6.07, 6.45) is 0. The van der Waals surface area contributed by atoms with Gasteiger partial charge in [0.2, 0.25) is 5.95 Å². The summed E-state index contributed by atoms with van der Waals surface area (Å²) in [5.41, 5.74) is 8.09. The Hall–Kier alpha value is -1.59. The smallest absolute Gasteiger partial charge is 0.206 e. The Bertz CT molecular complexity index is 762. The lowest BCUT2D eigenvalue weighted by atomic mass is 10.2. The van der Waals surface area contributed by atoms with Gasteiger partial charge in [-0.2, -0.15) is 0 Å². The first-order valence-electron chi connectivity index (χ1n) is 5.46. The fourth-order valence-corrected chi connectivity index (χ4v) is 3.04. The average Bonchev–Trinajstić information content (AvgIpc) is 2.65. The lowest BCUT2D eigenvalue weighted by Crippen LogP contribution is -2.02. The van der Waals surface area contributed by atoms with Gasteiger partial charge in [-0.05, 0) is 40.2 Å². The van der Waals surface area contributed by atoms with Crippen LogP contribution in [0.25, 0.3) is 16.7 Å². The molecule has 0 radical (unpaired) electrons. The van der Waals surface area contributed by atoms with E-state index in [0.29, 0.717) is 16.1 Å². The van der Waals surface area contributed by atoms with E-state index in [4.69, 9.17) is 17.3 Å². The average molecular weight is 341 g/mol. The zero-order valence-corrected chi connectivity index (χ0v) is 11.9. The van der Waals surface area contributed by atoms with Gasteiger partial charge in [-0.1, -0.05) is 23.7 Å². The Morgan fingerprint density at radius 3 is 2.74 bits per heavy atom. The fraction of sp³-hybridized carbons (Fsp3) is 0. The summed E-state index contributed by atoms with van der Waals surface area (Å²) < 4.78 is 15.5. The van der Waals surface area contributed by atoms with Crippen LogP contribution in [0.15, 0.2) is 40.9 Å². The molecule has 0 unspecified atom stereocenters. The van der Waals surface area contributed by atoms with Crippen LogP contribution >= 0.6 is 27.5 Å². The number of rotatable bonds is 1. The summed E-state index contributed by atoms with van der Waals surface area (Å²) in [6.45, 7) is 0. The molecule has 0 amide bonds. The van der Waals surface area contributed by atoms with Gasteiger partial charge in [-0.25, -0.2) is 9.37 Å². The van der Waals surface area contributed by atoms with E-state index in [0.717, 1.165) is 11.0 Å². The number of nitrogens with two attached hydrogens (primary N) is 1. The first-order valence-corrected chi connectivity index (χ1v) is 6.63. The van der Waals surface area contributed by atoms with E-state index in [9.17, 15) is 4.39 Å². The van der Waals surface area contributed by atoms with Gasteiger partial charge in [-0.15, -0.1) is 0 Å². The van der Waals surface area contributed by atoms with Gasteiger partial charge in [-0.3, -0.25) is 4.57 Å². The van der Waals surface area contributed by atoms with Crippen LogP contribution in [-0.4, -0.2) is 9.55 Å². The molecule has 3 nitrogen and oxygen atoms in total. The molecule has 0 aliphatic rings. The molecule has 2 aromatic carbocycles. The molecule has 19 heavy (non-hydrogen) atoms. The number of halogens is 3. The summed E-state index contributed by atoms with van der Waals surface area (Å²) >= 11 is 9.44. The largest absolute Gasteiger partial charge is 0.369 e. The van der Waals surface area contributed by atoms with Crippen molar-refractivity contribution >= 4 is 44.5 Å². The molecule has 0 saturated heterocycles. The van der Waals surface area contributed by atoms with E-state index in [1.807, 2.05) is 24.3 Å². The summed E-state index contributed by atoms with van der Waals surface area (Å²) in [6, 6.07) is 10.1. The van der Waals surface area contributed by atoms with Gasteiger partial charge >= 0.3 is 0 Å². The Morgan fingerprint density at radius 1 is 1.26 bits per heavy atom. The van der Waals surface area contributed by atoms with Crippen LogP contribution in [0.4, 0.5) is 10.3 Å². The van der Waals surface area contributed by atoms with Crippen molar-refractivity contribution in [3.05, 3.63) is 51.7 Å². The van der Waals surface area contributed by atoms with Crippen molar-refractivity contribution < 1.29 is 4.39 Å². The second-order valence-corrected chi connectivity index (χ2v) is 5.27. The van der Waals surface area contributed by atoms with Crippen molar-refractivity contribution in [3.8, 4) is 5.69 Å². The third kappa shape index (κ3) is 1.99. The lowest BCUT2D eigenvalue weighted by Gasteiger charge is -2.11. The topological polar surface area (TPSA) is 43.8 Å². The maximum absolute atomic E-state index is 13.3. The highest BCUT2D eigenvalue weighted by Gasteiger charge is 2.16. The molecule has 0 bridgehead atoms. The Kier molecular flexibility index (Phi) is 2.95. The molecule has 0 aliphatic carbocycles. The number of nitrogen functional groups attached to an aromatic ring is 1. The number of para-hydroxylation sites is 2. The molecule has 0 atom stereocenters. The minimum Gasteiger partial charge on any atom is -0.369 e. The van der Waals surface area contributed by atoms with Crippen LogP contribution in [0, 0.1) is 5.82 Å². The molecule has 1 heterocycles. The predicted molar refractivity (Wildman–Crippen MR) is 78.2 cm³/mol. The normalized spacial score (nSPS) is 11.1. The summed E-state index contributed by atoms with van der Waals surface area (Å²) in [7, 11) is 0. The van der Waals surface area contributed by atoms with Crippen LogP contribution < -0.4 is 5.73 Å². The number of anilines is 1. The molecule has 0 aliphatic heterocycles. The second-order valence-electron chi connectivity index (χ2n) is 4.01. The molecular weight excluding hydrogens is 333 g/mol. The van der Waals surface area contributed by atoms with Crippen molar-refractivity contribution in [3.63, 3.8) is 0 Å². The van der Waals surface area contributed by atoms with Crippen LogP contribution in [0.1, 0.15) is 0 Å². The molecular formula is C13H8BrClFN3. The standard InChI is InChI=1S/C13H8BrClFN3/c14-8-5-7(16)6-9(15)12(8)19-11-4-2-1-3-10(11)18-13(19)17/h1-6H,(H2,17,18). The zero-order valence-electron chi connectivity index (χ0n) is 9.57. The molecule has 1 aromatic heterocycles. The number of aromatic nitrogens is 2. The van der Waals surface area contributed by atoms with Crippen LogP contribution in [0.3, 0.4) is 0 Å². The van der Waals surface area contributed by atoms with Crippen molar-refractivity contribution in [2.75, 3.05) is 5.73 Å². The van der Waals surface area contributed by atoms with Crippen molar-refractivity contribution in [2.45, 2.75) is 0 Å². The maximum atomic E-state index is 13.3. The molecule has 0 fully saturated rings. The summed E-state index contributed by atoms with van der Waals surface area (Å²) in [4.78, 5) is 4.26. The highest BCUT2D eigenvalue weighted by Crippen LogP contribution is 2.34. The maximum Gasteiger partial charge on any atom is 0.206 e. The van der Waals surface area contributed by atoms with E-state index in [1.54, 1.807) is 4.57 Å². The van der Waals surface area contributed by atoms with Crippen LogP contribution in [0.5, 0.6) is 0 Å². The van der Waals surface area contributed by atoms with E-state index < -0.39 is 5.82 Å². The van der Waals surface area contributed by atoms with Gasteiger partial charge < -0.3 is 5.73 Å². The first-order chi connectivity index (χ1) is 9.08. The zero-order chi connectivity index (χ0) is 13.6. The molecule has 2 N–H and O–H groups in total. The summed E-state index contributed by atoms with van der Waals surface area (Å²) in [5, 5.41) is 0.265. The van der Waals surface area contributed by atoms with Gasteiger partial charge in [0.1, 0.15) is 5.82 Å². The van der Waals surface area contributed by atoms with Crippen LogP contribution in [0.2, 0.25) is 5.02 Å². The molecule has 3 aromatic rings. The van der Waals surface area contributed by atoms with E-state index >= 15 is 0 Å². The molecule has 0 saturated carbocycles. The minimum atomic E-state index is -0.413. The quantitative estimate of drug-likeness (QED) is 0.723. The Balaban J connectivity index is 2.40. The van der Waals surface area contributed by atoms with E-state index in [-0.39, 0.29) is 5.02 Å². The molecule has 6 heteroatoms. The van der Waals surface area contributed by atoms with Gasteiger partial charge in [0, 0.05) is 4.47 Å². The summed E-state index contributed by atoms with van der Waals surface area (Å²) in [5.74, 6) is -0.112. The Labute approximate surface area is 121 Å². The number of nitrogens with zero attached hydrogens (tertiary/aromatic N) is 2. The Morgan fingerprint density at radius 2 is 2.00 bits per heavy atom. The number of fused-ring (bicyclic) bond motifs is 1. The third-order valence-electron chi connectivity index (χ3n) is 2.79. The fourth-order valence-electron chi connectivity index (χ4n) is 2.03. The minimum absolute atomic E-state index is 0.265. The first kappa shape index (κ1) is 12.4. The van der Waals surface area contributed by atoms with Crippen molar-refractivity contribution in [1.82, 2.24) is 9.55 Å².